The van der Waals surface area contributed by atoms with E-state index in [4.69, 9.17) is 24.5 Å². The summed E-state index contributed by atoms with van der Waals surface area (Å²) in [6.45, 7) is 3.22. The molecule has 0 radical (unpaired) electrons. The van der Waals surface area contributed by atoms with Crippen molar-refractivity contribution in [1.29, 1.82) is 0 Å². The summed E-state index contributed by atoms with van der Waals surface area (Å²) in [5, 5.41) is 15.5. The molecule has 2 rings (SSSR count). The van der Waals surface area contributed by atoms with E-state index in [1.54, 1.807) is 6.92 Å². The Balaban J connectivity index is 2.38. The first-order chi connectivity index (χ1) is 11.9. The van der Waals surface area contributed by atoms with Gasteiger partial charge in [0.25, 0.3) is 0 Å². The fourth-order valence-corrected chi connectivity index (χ4v) is 2.90. The van der Waals surface area contributed by atoms with Crippen LogP contribution < -0.4 is 5.32 Å². The third kappa shape index (κ3) is 4.40. The van der Waals surface area contributed by atoms with Gasteiger partial charge in [0.15, 0.2) is 6.29 Å². The van der Waals surface area contributed by atoms with Gasteiger partial charge >= 0.3 is 5.97 Å². The predicted molar refractivity (Wildman–Crippen MR) is 82.2 cm³/mol. The number of rotatable bonds is 6. The summed E-state index contributed by atoms with van der Waals surface area (Å²) in [7, 11) is 1.41. The SMILES string of the molecule is CO[C@@H]([C@@H]1OC(C(=O)O)=C[C@H](N=[N+]=[N-])[C@H]1NC(C)=O)[C@H]1COC(C)O1. The zero-order chi connectivity index (χ0) is 18.6. The molecule has 25 heavy (non-hydrogen) atoms. The van der Waals surface area contributed by atoms with Crippen molar-refractivity contribution in [2.75, 3.05) is 13.7 Å². The standard InChI is InChI=1S/C14H20N4O7/c1-6(19)16-11-8(17-18-15)4-9(14(20)21)25-13(11)12(22-3)10-5-23-7(2)24-10/h4,7-8,10-13H,5H2,1-3H3,(H,16,19)(H,20,21)/t7?,8-,10+,11+,12+,13+/m0/s1. The molecule has 2 aliphatic heterocycles. The highest BCUT2D eigenvalue weighted by Gasteiger charge is 2.46. The summed E-state index contributed by atoms with van der Waals surface area (Å²) in [6.07, 6.45) is -1.56. The van der Waals surface area contributed by atoms with E-state index in [2.05, 4.69) is 15.3 Å². The molecule has 0 aromatic rings. The minimum absolute atomic E-state index is 0.213. The third-order valence-corrected chi connectivity index (χ3v) is 3.90. The molecule has 0 aliphatic carbocycles. The van der Waals surface area contributed by atoms with Gasteiger partial charge in [-0.15, -0.1) is 0 Å². The van der Waals surface area contributed by atoms with E-state index >= 15 is 0 Å². The Kier molecular flexibility index (Phi) is 6.21. The van der Waals surface area contributed by atoms with E-state index in [9.17, 15) is 14.7 Å². The van der Waals surface area contributed by atoms with Crippen LogP contribution in [0.1, 0.15) is 13.8 Å². The van der Waals surface area contributed by atoms with Crippen molar-refractivity contribution in [3.8, 4) is 0 Å². The van der Waals surface area contributed by atoms with Crippen molar-refractivity contribution in [3.63, 3.8) is 0 Å². The van der Waals surface area contributed by atoms with Gasteiger partial charge < -0.3 is 29.4 Å². The lowest BCUT2D eigenvalue weighted by Gasteiger charge is -2.39. The average molecular weight is 356 g/mol. The maximum atomic E-state index is 11.6. The summed E-state index contributed by atoms with van der Waals surface area (Å²) in [4.78, 5) is 25.6. The third-order valence-electron chi connectivity index (χ3n) is 3.90. The number of carbonyl (C=O) groups excluding carboxylic acids is 1. The number of aliphatic carboxylic acids is 1. The summed E-state index contributed by atoms with van der Waals surface area (Å²) in [5.41, 5.74) is 8.78. The largest absolute Gasteiger partial charge is 0.478 e. The number of nitrogens with one attached hydrogen (secondary N) is 1. The first kappa shape index (κ1) is 19.0. The number of hydrogen-bond donors (Lipinski definition) is 2. The fraction of sp³-hybridized carbons (Fsp3) is 0.714. The molecule has 6 atom stereocenters. The number of azide groups is 1. The molecule has 1 amide bonds. The number of carboxylic acid groups (broad SMARTS) is 1. The van der Waals surface area contributed by atoms with Crippen molar-refractivity contribution >= 4 is 11.9 Å². The Hall–Kier alpha value is -2.33. The molecule has 2 N–H and O–H groups in total. The lowest BCUT2D eigenvalue weighted by Crippen LogP contribution is -2.59. The first-order valence-electron chi connectivity index (χ1n) is 7.60. The van der Waals surface area contributed by atoms with Crippen molar-refractivity contribution in [2.45, 2.75) is 50.5 Å². The molecule has 0 aromatic heterocycles. The van der Waals surface area contributed by atoms with E-state index < -0.39 is 54.3 Å². The molecule has 2 aliphatic rings. The van der Waals surface area contributed by atoms with E-state index in [-0.39, 0.29) is 6.61 Å². The van der Waals surface area contributed by atoms with Gasteiger partial charge in [-0.25, -0.2) is 4.79 Å². The van der Waals surface area contributed by atoms with E-state index in [1.165, 1.54) is 14.0 Å². The van der Waals surface area contributed by atoms with Gasteiger partial charge in [-0.05, 0) is 18.5 Å². The summed E-state index contributed by atoms with van der Waals surface area (Å²) in [5.74, 6) is -2.11. The van der Waals surface area contributed by atoms with Gasteiger partial charge in [0.2, 0.25) is 11.7 Å². The number of amides is 1. The van der Waals surface area contributed by atoms with Gasteiger partial charge in [-0.3, -0.25) is 4.79 Å². The number of carbonyl (C=O) groups is 2. The summed E-state index contributed by atoms with van der Waals surface area (Å²) < 4.78 is 21.9. The lowest BCUT2D eigenvalue weighted by molar-refractivity contribution is -0.150. The zero-order valence-electron chi connectivity index (χ0n) is 14.0. The van der Waals surface area contributed by atoms with Crippen LogP contribution in [0.25, 0.3) is 10.4 Å². The highest BCUT2D eigenvalue weighted by atomic mass is 16.7. The normalized spacial score (nSPS) is 32.8. The first-order valence-corrected chi connectivity index (χ1v) is 7.60. The molecule has 0 aromatic carbocycles. The van der Waals surface area contributed by atoms with Gasteiger partial charge in [0.05, 0.1) is 18.7 Å². The highest BCUT2D eigenvalue weighted by Crippen LogP contribution is 2.29. The molecular formula is C14H20N4O7. The van der Waals surface area contributed by atoms with E-state index in [0.717, 1.165) is 6.08 Å². The topological polar surface area (TPSA) is 152 Å². The van der Waals surface area contributed by atoms with Crippen molar-refractivity contribution in [2.24, 2.45) is 5.11 Å². The second kappa shape index (κ2) is 8.17. The highest BCUT2D eigenvalue weighted by molar-refractivity contribution is 5.84. The van der Waals surface area contributed by atoms with Gasteiger partial charge in [-0.1, -0.05) is 5.11 Å². The molecule has 1 saturated heterocycles. The Morgan fingerprint density at radius 3 is 2.76 bits per heavy atom. The minimum Gasteiger partial charge on any atom is -0.478 e. The number of methoxy groups -OCH3 is 1. The molecule has 1 unspecified atom stereocenters. The van der Waals surface area contributed by atoms with Crippen molar-refractivity contribution in [1.82, 2.24) is 5.32 Å². The molecule has 0 bridgehead atoms. The average Bonchev–Trinajstić information content (AvgIpc) is 2.96. The molecule has 11 nitrogen and oxygen atoms in total. The van der Waals surface area contributed by atoms with Crippen LogP contribution in [0.15, 0.2) is 16.9 Å². The van der Waals surface area contributed by atoms with Gasteiger partial charge in [0, 0.05) is 18.9 Å². The molecule has 1 fully saturated rings. The van der Waals surface area contributed by atoms with Crippen molar-refractivity contribution < 1.29 is 33.6 Å². The van der Waals surface area contributed by atoms with Crippen LogP contribution in [0.3, 0.4) is 0 Å². The van der Waals surface area contributed by atoms with Gasteiger partial charge in [0.1, 0.15) is 18.3 Å². The van der Waals surface area contributed by atoms with Crippen molar-refractivity contribution in [3.05, 3.63) is 22.3 Å². The molecule has 2 heterocycles. The molecule has 0 saturated carbocycles. The molecule has 138 valence electrons. The number of ether oxygens (including phenoxy) is 4. The molecular weight excluding hydrogens is 336 g/mol. The smallest absolute Gasteiger partial charge is 0.370 e. The number of nitrogens with zero attached hydrogens (tertiary/aromatic N) is 3. The Morgan fingerprint density at radius 1 is 1.56 bits per heavy atom. The minimum atomic E-state index is -1.32. The van der Waals surface area contributed by atoms with Crippen LogP contribution in [-0.2, 0) is 28.5 Å². The van der Waals surface area contributed by atoms with Crippen LogP contribution in [0.4, 0.5) is 0 Å². The van der Waals surface area contributed by atoms with Crippen LogP contribution in [0.2, 0.25) is 0 Å². The lowest BCUT2D eigenvalue weighted by atomic mass is 9.92. The fourth-order valence-electron chi connectivity index (χ4n) is 2.90. The van der Waals surface area contributed by atoms with Crippen LogP contribution in [0, 0.1) is 0 Å². The Labute approximate surface area is 143 Å². The van der Waals surface area contributed by atoms with Gasteiger partial charge in [-0.2, -0.15) is 0 Å². The Morgan fingerprint density at radius 2 is 2.28 bits per heavy atom. The quantitative estimate of drug-likeness (QED) is 0.395. The molecule has 11 heteroatoms. The second-order valence-electron chi connectivity index (χ2n) is 5.62. The zero-order valence-corrected chi connectivity index (χ0v) is 14.0. The second-order valence-corrected chi connectivity index (χ2v) is 5.62. The number of hydrogen-bond acceptors (Lipinski definition) is 7. The Bertz CT molecular complexity index is 604. The number of carboxylic acids is 1. The molecule has 0 spiro atoms. The monoisotopic (exact) mass is 356 g/mol. The predicted octanol–water partition coefficient (Wildman–Crippen LogP) is 0.314. The van der Waals surface area contributed by atoms with Crippen LogP contribution in [0.5, 0.6) is 0 Å². The maximum Gasteiger partial charge on any atom is 0.370 e. The maximum absolute atomic E-state index is 11.6. The van der Waals surface area contributed by atoms with E-state index in [0.29, 0.717) is 0 Å². The summed E-state index contributed by atoms with van der Waals surface area (Å²) in [6, 6.07) is -1.79. The van der Waals surface area contributed by atoms with Crippen LogP contribution in [-0.4, -0.2) is 67.4 Å². The summed E-state index contributed by atoms with van der Waals surface area (Å²) >= 11 is 0. The van der Waals surface area contributed by atoms with Crippen LogP contribution >= 0.6 is 0 Å². The van der Waals surface area contributed by atoms with E-state index in [1.807, 2.05) is 0 Å².